The highest BCUT2D eigenvalue weighted by Gasteiger charge is 2.19. The fourth-order valence-corrected chi connectivity index (χ4v) is 4.31. The smallest absolute Gasteiger partial charge is 0.186 e. The second-order valence-corrected chi connectivity index (χ2v) is 8.07. The van der Waals surface area contributed by atoms with Gasteiger partial charge in [-0.1, -0.05) is 54.6 Å². The first-order valence-electron chi connectivity index (χ1n) is 10.1. The zero-order valence-corrected chi connectivity index (χ0v) is 16.7. The summed E-state index contributed by atoms with van der Waals surface area (Å²) in [5, 5.41) is 13.8. The lowest BCUT2D eigenvalue weighted by atomic mass is 10.1. The summed E-state index contributed by atoms with van der Waals surface area (Å²) < 4.78 is 15.5. The quantitative estimate of drug-likeness (QED) is 0.430. The van der Waals surface area contributed by atoms with Crippen molar-refractivity contribution in [3.8, 4) is 11.3 Å². The monoisotopic (exact) mass is 409 g/mol. The van der Waals surface area contributed by atoms with Gasteiger partial charge in [0.25, 0.3) is 0 Å². The maximum Gasteiger partial charge on any atom is 0.186 e. The van der Waals surface area contributed by atoms with Crippen LogP contribution in [0.2, 0.25) is 5.02 Å². The van der Waals surface area contributed by atoms with Gasteiger partial charge in [0.05, 0.1) is 5.52 Å². The summed E-state index contributed by atoms with van der Waals surface area (Å²) in [6.45, 7) is 0. The van der Waals surface area contributed by atoms with Crippen LogP contribution >= 0.6 is 11.6 Å². The number of benzene rings is 2. The van der Waals surface area contributed by atoms with Crippen molar-refractivity contribution in [2.24, 2.45) is 0 Å². The number of hydrogen-bond acceptors (Lipinski definition) is 4. The van der Waals surface area contributed by atoms with Crippen molar-refractivity contribution in [2.45, 2.75) is 44.6 Å². The molecule has 2 aromatic carbocycles. The predicted molar refractivity (Wildman–Crippen MR) is 114 cm³/mol. The van der Waals surface area contributed by atoms with Crippen molar-refractivity contribution in [1.29, 1.82) is 0 Å². The van der Waals surface area contributed by atoms with Gasteiger partial charge < -0.3 is 5.32 Å². The number of nitrogens with one attached hydrogen (secondary N) is 1. The highest BCUT2D eigenvalue weighted by atomic mass is 35.5. The molecule has 0 aliphatic heterocycles. The lowest BCUT2D eigenvalue weighted by Gasteiger charge is -2.18. The predicted octanol–water partition coefficient (Wildman–Crippen LogP) is 5.87. The number of halogens is 2. The summed E-state index contributed by atoms with van der Waals surface area (Å²) in [6, 6.07) is 12.4. The van der Waals surface area contributed by atoms with Gasteiger partial charge in [-0.2, -0.15) is 4.52 Å². The molecule has 0 atom stereocenters. The van der Waals surface area contributed by atoms with E-state index in [4.69, 9.17) is 16.6 Å². The molecule has 0 spiro atoms. The Bertz CT molecular complexity index is 1180. The Labute approximate surface area is 172 Å². The molecule has 2 aromatic heterocycles. The molecule has 0 saturated heterocycles. The van der Waals surface area contributed by atoms with Gasteiger partial charge in [-0.25, -0.2) is 9.37 Å². The first kappa shape index (κ1) is 18.3. The molecule has 1 aliphatic carbocycles. The molecule has 5 rings (SSSR count). The molecule has 148 valence electrons. The second kappa shape index (κ2) is 7.59. The van der Waals surface area contributed by atoms with E-state index < -0.39 is 0 Å². The summed E-state index contributed by atoms with van der Waals surface area (Å²) >= 11 is 6.29. The normalized spacial score (nSPS) is 15.7. The van der Waals surface area contributed by atoms with Crippen LogP contribution in [-0.2, 0) is 0 Å². The molecule has 7 heteroatoms. The fourth-order valence-electron chi connectivity index (χ4n) is 4.14. The molecular weight excluding hydrogens is 389 g/mol. The Morgan fingerprint density at radius 1 is 1.03 bits per heavy atom. The molecule has 0 amide bonds. The third-order valence-electron chi connectivity index (χ3n) is 5.60. The average molecular weight is 410 g/mol. The molecule has 1 aliphatic rings. The molecule has 1 fully saturated rings. The number of rotatable bonds is 3. The highest BCUT2D eigenvalue weighted by Crippen LogP contribution is 2.31. The molecule has 2 heterocycles. The van der Waals surface area contributed by atoms with Crippen LogP contribution in [0.4, 0.5) is 10.2 Å². The zero-order chi connectivity index (χ0) is 19.8. The molecule has 4 aromatic rings. The Hall–Kier alpha value is -2.73. The van der Waals surface area contributed by atoms with Crippen molar-refractivity contribution in [1.82, 2.24) is 19.8 Å². The first-order chi connectivity index (χ1) is 14.2. The van der Waals surface area contributed by atoms with Crippen LogP contribution in [0.3, 0.4) is 0 Å². The third-order valence-corrected chi connectivity index (χ3v) is 5.84. The SMILES string of the molecule is Fc1cccc(-c2nnn3c2nc(NC2CCCCCC2)c2cc(Cl)ccc23)c1. The maximum absolute atomic E-state index is 13.8. The van der Waals surface area contributed by atoms with Crippen LogP contribution in [0.15, 0.2) is 42.5 Å². The van der Waals surface area contributed by atoms with Gasteiger partial charge in [0.1, 0.15) is 17.3 Å². The van der Waals surface area contributed by atoms with E-state index in [0.29, 0.717) is 28.0 Å². The number of anilines is 1. The molecule has 5 nitrogen and oxygen atoms in total. The van der Waals surface area contributed by atoms with Crippen LogP contribution in [-0.4, -0.2) is 25.9 Å². The number of aromatic nitrogens is 4. The van der Waals surface area contributed by atoms with Crippen molar-refractivity contribution >= 4 is 34.0 Å². The standard InChI is InChI=1S/C22H21ClFN5/c23-15-10-11-19-18(13-15)21(25-17-8-3-1-2-4-9-17)26-22-20(27-28-29(19)22)14-6-5-7-16(24)12-14/h5-7,10-13,17H,1-4,8-9H2,(H,25,26). The number of hydrogen-bond donors (Lipinski definition) is 1. The average Bonchev–Trinajstić information content (AvgIpc) is 2.96. The van der Waals surface area contributed by atoms with Crippen molar-refractivity contribution in [3.05, 3.63) is 53.3 Å². The van der Waals surface area contributed by atoms with E-state index in [0.717, 1.165) is 29.6 Å². The summed E-state index contributed by atoms with van der Waals surface area (Å²) in [5.74, 6) is 0.467. The van der Waals surface area contributed by atoms with E-state index in [-0.39, 0.29) is 5.82 Å². The third kappa shape index (κ3) is 3.53. The zero-order valence-electron chi connectivity index (χ0n) is 15.9. The van der Waals surface area contributed by atoms with E-state index in [9.17, 15) is 4.39 Å². The van der Waals surface area contributed by atoms with Crippen LogP contribution in [0.1, 0.15) is 38.5 Å². The summed E-state index contributed by atoms with van der Waals surface area (Å²) in [6.07, 6.45) is 7.27. The Kier molecular flexibility index (Phi) is 4.79. The van der Waals surface area contributed by atoms with Crippen LogP contribution < -0.4 is 5.32 Å². The van der Waals surface area contributed by atoms with Gasteiger partial charge in [0, 0.05) is 22.0 Å². The highest BCUT2D eigenvalue weighted by molar-refractivity contribution is 6.31. The molecule has 0 radical (unpaired) electrons. The number of fused-ring (bicyclic) bond motifs is 3. The minimum absolute atomic E-state index is 0.312. The van der Waals surface area contributed by atoms with Crippen molar-refractivity contribution in [3.63, 3.8) is 0 Å². The molecule has 29 heavy (non-hydrogen) atoms. The van der Waals surface area contributed by atoms with Crippen molar-refractivity contribution < 1.29 is 4.39 Å². The van der Waals surface area contributed by atoms with Gasteiger partial charge in [-0.05, 0) is 43.2 Å². The van der Waals surface area contributed by atoms with Crippen LogP contribution in [0, 0.1) is 5.82 Å². The van der Waals surface area contributed by atoms with Crippen LogP contribution in [0.5, 0.6) is 0 Å². The van der Waals surface area contributed by atoms with Gasteiger partial charge in [0.15, 0.2) is 5.65 Å². The minimum atomic E-state index is -0.312. The van der Waals surface area contributed by atoms with Crippen molar-refractivity contribution in [2.75, 3.05) is 5.32 Å². The molecule has 0 bridgehead atoms. The summed E-state index contributed by atoms with van der Waals surface area (Å²) in [4.78, 5) is 4.88. The van der Waals surface area contributed by atoms with E-state index in [1.165, 1.54) is 37.8 Å². The maximum atomic E-state index is 13.8. The van der Waals surface area contributed by atoms with E-state index in [1.807, 2.05) is 24.3 Å². The van der Waals surface area contributed by atoms with Gasteiger partial charge in [-0.3, -0.25) is 0 Å². The van der Waals surface area contributed by atoms with Gasteiger partial charge in [0.2, 0.25) is 0 Å². The lowest BCUT2D eigenvalue weighted by Crippen LogP contribution is -2.19. The Balaban J connectivity index is 1.68. The van der Waals surface area contributed by atoms with Gasteiger partial charge >= 0.3 is 0 Å². The lowest BCUT2D eigenvalue weighted by molar-refractivity contribution is 0.618. The molecular formula is C22H21ClFN5. The first-order valence-corrected chi connectivity index (χ1v) is 10.4. The topological polar surface area (TPSA) is 55.1 Å². The molecule has 1 saturated carbocycles. The number of nitrogens with zero attached hydrogens (tertiary/aromatic N) is 4. The Morgan fingerprint density at radius 3 is 2.66 bits per heavy atom. The van der Waals surface area contributed by atoms with E-state index in [1.54, 1.807) is 10.6 Å². The Morgan fingerprint density at radius 2 is 1.86 bits per heavy atom. The largest absolute Gasteiger partial charge is 0.367 e. The molecule has 1 N–H and O–H groups in total. The minimum Gasteiger partial charge on any atom is -0.367 e. The second-order valence-electron chi connectivity index (χ2n) is 7.64. The van der Waals surface area contributed by atoms with E-state index in [2.05, 4.69) is 15.6 Å². The summed E-state index contributed by atoms with van der Waals surface area (Å²) in [7, 11) is 0. The molecule has 0 unspecified atom stereocenters. The van der Waals surface area contributed by atoms with Crippen LogP contribution in [0.25, 0.3) is 27.8 Å². The fraction of sp³-hybridized carbons (Fsp3) is 0.318. The van der Waals surface area contributed by atoms with E-state index >= 15 is 0 Å². The summed E-state index contributed by atoms with van der Waals surface area (Å²) in [5.41, 5.74) is 2.68. The van der Waals surface area contributed by atoms with Gasteiger partial charge in [-0.15, -0.1) is 5.10 Å².